The normalized spacial score (nSPS) is 11.2. The molecule has 4 nitrogen and oxygen atoms in total. The molecule has 0 atom stereocenters. The molecule has 2 aromatic rings. The van der Waals surface area contributed by atoms with Crippen LogP contribution < -0.4 is 10.3 Å². The maximum Gasteiger partial charge on any atom is 0.271 e. The van der Waals surface area contributed by atoms with Gasteiger partial charge in [0.15, 0.2) is 0 Å². The van der Waals surface area contributed by atoms with Crippen molar-refractivity contribution in [3.63, 3.8) is 0 Å². The first-order chi connectivity index (χ1) is 11.6. The maximum atomic E-state index is 12.2. The summed E-state index contributed by atoms with van der Waals surface area (Å²) >= 11 is 3.49. The van der Waals surface area contributed by atoms with Crippen molar-refractivity contribution in [2.45, 2.75) is 20.8 Å². The van der Waals surface area contributed by atoms with E-state index in [2.05, 4.69) is 45.2 Å². The third-order valence-electron chi connectivity index (χ3n) is 3.85. The van der Waals surface area contributed by atoms with Crippen LogP contribution in [0.1, 0.15) is 36.7 Å². The predicted octanol–water partition coefficient (Wildman–Crippen LogP) is 4.45. The smallest absolute Gasteiger partial charge is 0.271 e. The molecular formula is C19H22BrN3O. The van der Waals surface area contributed by atoms with Crippen LogP contribution in [0.15, 0.2) is 58.1 Å². The van der Waals surface area contributed by atoms with E-state index in [-0.39, 0.29) is 5.91 Å². The number of benzene rings is 2. The highest BCUT2D eigenvalue weighted by Crippen LogP contribution is 2.17. The molecule has 0 saturated heterocycles. The van der Waals surface area contributed by atoms with E-state index in [0.29, 0.717) is 5.56 Å². The van der Waals surface area contributed by atoms with Gasteiger partial charge in [0.25, 0.3) is 5.91 Å². The van der Waals surface area contributed by atoms with Gasteiger partial charge in [0.05, 0.1) is 5.71 Å². The fraction of sp³-hybridized carbons (Fsp3) is 0.263. The van der Waals surface area contributed by atoms with Gasteiger partial charge in [-0.3, -0.25) is 4.79 Å². The lowest BCUT2D eigenvalue weighted by atomic mass is 10.1. The number of nitrogens with zero attached hydrogens (tertiary/aromatic N) is 2. The number of anilines is 1. The molecule has 2 rings (SSSR count). The minimum absolute atomic E-state index is 0.215. The summed E-state index contributed by atoms with van der Waals surface area (Å²) in [6, 6.07) is 15.4. The minimum Gasteiger partial charge on any atom is -0.372 e. The number of hydrazone groups is 1. The largest absolute Gasteiger partial charge is 0.372 e. The van der Waals surface area contributed by atoms with Gasteiger partial charge in [0.1, 0.15) is 0 Å². The second-order valence-corrected chi connectivity index (χ2v) is 6.19. The highest BCUT2D eigenvalue weighted by molar-refractivity contribution is 9.10. The molecule has 0 bridgehead atoms. The minimum atomic E-state index is -0.215. The van der Waals surface area contributed by atoms with E-state index < -0.39 is 0 Å². The number of rotatable bonds is 6. The highest BCUT2D eigenvalue weighted by Gasteiger charge is 2.08. The molecule has 0 unspecified atom stereocenters. The van der Waals surface area contributed by atoms with Crippen molar-refractivity contribution in [1.82, 2.24) is 5.43 Å². The van der Waals surface area contributed by atoms with Crippen LogP contribution in [0.2, 0.25) is 0 Å². The van der Waals surface area contributed by atoms with Crippen LogP contribution in [-0.2, 0) is 0 Å². The first-order valence-corrected chi connectivity index (χ1v) is 8.80. The molecule has 126 valence electrons. The molecule has 0 saturated carbocycles. The van der Waals surface area contributed by atoms with Crippen LogP contribution in [-0.4, -0.2) is 24.7 Å². The average Bonchev–Trinajstić information content (AvgIpc) is 2.61. The maximum absolute atomic E-state index is 12.2. The molecule has 1 N–H and O–H groups in total. The van der Waals surface area contributed by atoms with Gasteiger partial charge in [-0.2, -0.15) is 5.10 Å². The van der Waals surface area contributed by atoms with Gasteiger partial charge in [0, 0.05) is 34.4 Å². The van der Waals surface area contributed by atoms with Gasteiger partial charge >= 0.3 is 0 Å². The van der Waals surface area contributed by atoms with Crippen molar-refractivity contribution in [2.24, 2.45) is 5.10 Å². The molecular weight excluding hydrogens is 366 g/mol. The Labute approximate surface area is 151 Å². The summed E-state index contributed by atoms with van der Waals surface area (Å²) in [4.78, 5) is 14.5. The van der Waals surface area contributed by atoms with E-state index in [1.54, 1.807) is 0 Å². The summed E-state index contributed by atoms with van der Waals surface area (Å²) < 4.78 is 0.948. The van der Waals surface area contributed by atoms with Crippen molar-refractivity contribution >= 4 is 33.2 Å². The summed E-state index contributed by atoms with van der Waals surface area (Å²) in [6.45, 7) is 7.98. The molecule has 0 heterocycles. The summed E-state index contributed by atoms with van der Waals surface area (Å²) in [5.74, 6) is -0.215. The molecule has 0 fully saturated rings. The Hall–Kier alpha value is -2.14. The monoisotopic (exact) mass is 387 g/mol. The van der Waals surface area contributed by atoms with Gasteiger partial charge in [-0.1, -0.05) is 34.1 Å². The quantitative estimate of drug-likeness (QED) is 0.587. The third kappa shape index (κ3) is 4.45. The molecule has 24 heavy (non-hydrogen) atoms. The molecule has 0 aliphatic carbocycles. The molecule has 0 radical (unpaired) electrons. The standard InChI is InChI=1S/C19H22BrN3O/c1-4-23(5-2)16-12-10-15(11-13-16)19(24)22-21-14(3)17-8-6-7-9-18(17)20/h6-13H,4-5H2,1-3H3,(H,22,24)/b21-14+. The number of carbonyl (C=O) groups is 1. The zero-order chi connectivity index (χ0) is 17.5. The number of nitrogens with one attached hydrogen (secondary N) is 1. The molecule has 0 aromatic heterocycles. The van der Waals surface area contributed by atoms with Gasteiger partial charge in [-0.15, -0.1) is 0 Å². The number of carbonyl (C=O) groups excluding carboxylic acids is 1. The van der Waals surface area contributed by atoms with Crippen LogP contribution in [0.3, 0.4) is 0 Å². The topological polar surface area (TPSA) is 44.7 Å². The Kier molecular flexibility index (Phi) is 6.55. The lowest BCUT2D eigenvalue weighted by Crippen LogP contribution is -2.22. The molecule has 2 aromatic carbocycles. The Morgan fingerprint density at radius 1 is 1.08 bits per heavy atom. The molecule has 0 spiro atoms. The fourth-order valence-electron chi connectivity index (χ4n) is 2.43. The molecule has 5 heteroatoms. The number of halogens is 1. The Bertz CT molecular complexity index is 722. The van der Waals surface area contributed by atoms with Crippen molar-refractivity contribution in [3.05, 3.63) is 64.1 Å². The van der Waals surface area contributed by atoms with Gasteiger partial charge < -0.3 is 4.90 Å². The van der Waals surface area contributed by atoms with Crippen molar-refractivity contribution < 1.29 is 4.79 Å². The van der Waals surface area contributed by atoms with Crippen LogP contribution in [0.4, 0.5) is 5.69 Å². The summed E-state index contributed by atoms with van der Waals surface area (Å²) in [5, 5.41) is 4.20. The van der Waals surface area contributed by atoms with E-state index in [1.165, 1.54) is 0 Å². The Morgan fingerprint density at radius 2 is 1.71 bits per heavy atom. The van der Waals surface area contributed by atoms with Crippen LogP contribution in [0.5, 0.6) is 0 Å². The fourth-order valence-corrected chi connectivity index (χ4v) is 3.00. The zero-order valence-corrected chi connectivity index (χ0v) is 15.8. The average molecular weight is 388 g/mol. The Balaban J connectivity index is 2.07. The summed E-state index contributed by atoms with van der Waals surface area (Å²) in [7, 11) is 0. The second kappa shape index (κ2) is 8.64. The second-order valence-electron chi connectivity index (χ2n) is 5.34. The van der Waals surface area contributed by atoms with Crippen LogP contribution in [0.25, 0.3) is 0 Å². The lowest BCUT2D eigenvalue weighted by Gasteiger charge is -2.20. The van der Waals surface area contributed by atoms with Crippen molar-refractivity contribution in [3.8, 4) is 0 Å². The number of amides is 1. The van der Waals surface area contributed by atoms with Gasteiger partial charge in [-0.25, -0.2) is 5.43 Å². The molecule has 0 aliphatic rings. The SMILES string of the molecule is CCN(CC)c1ccc(C(=O)N/N=C(\C)c2ccccc2Br)cc1. The van der Waals surface area contributed by atoms with Crippen molar-refractivity contribution in [2.75, 3.05) is 18.0 Å². The lowest BCUT2D eigenvalue weighted by molar-refractivity contribution is 0.0955. The van der Waals surface area contributed by atoms with E-state index in [1.807, 2.05) is 55.5 Å². The van der Waals surface area contributed by atoms with Gasteiger partial charge in [0.2, 0.25) is 0 Å². The highest BCUT2D eigenvalue weighted by atomic mass is 79.9. The zero-order valence-electron chi connectivity index (χ0n) is 14.2. The van der Waals surface area contributed by atoms with E-state index in [0.717, 1.165) is 34.5 Å². The first kappa shape index (κ1) is 18.2. The third-order valence-corrected chi connectivity index (χ3v) is 4.54. The predicted molar refractivity (Wildman–Crippen MR) is 104 cm³/mol. The summed E-state index contributed by atoms with van der Waals surface area (Å²) in [6.07, 6.45) is 0. The van der Waals surface area contributed by atoms with Crippen LogP contribution in [0, 0.1) is 0 Å². The molecule has 0 aliphatic heterocycles. The van der Waals surface area contributed by atoms with Crippen LogP contribution >= 0.6 is 15.9 Å². The first-order valence-electron chi connectivity index (χ1n) is 8.01. The Morgan fingerprint density at radius 3 is 2.29 bits per heavy atom. The van der Waals surface area contributed by atoms with Crippen molar-refractivity contribution in [1.29, 1.82) is 0 Å². The summed E-state index contributed by atoms with van der Waals surface area (Å²) in [5.41, 5.74) is 6.02. The van der Waals surface area contributed by atoms with Gasteiger partial charge in [-0.05, 0) is 51.1 Å². The molecule has 1 amide bonds. The number of hydrogen-bond acceptors (Lipinski definition) is 3. The van der Waals surface area contributed by atoms with E-state index in [4.69, 9.17) is 0 Å². The number of hydrogen-bond donors (Lipinski definition) is 1. The van der Waals surface area contributed by atoms with E-state index in [9.17, 15) is 4.79 Å². The van der Waals surface area contributed by atoms with E-state index >= 15 is 0 Å².